The lowest BCUT2D eigenvalue weighted by molar-refractivity contribution is -0.120. The number of nitrogens with one attached hydrogen (secondary N) is 1. The fourth-order valence-electron chi connectivity index (χ4n) is 4.05. The van der Waals surface area contributed by atoms with Crippen LogP contribution in [0.1, 0.15) is 32.3 Å². The van der Waals surface area contributed by atoms with Gasteiger partial charge in [0.2, 0.25) is 11.8 Å². The standard InChI is InChI=1S/C24H30BrN3O4S/c1-3-27(21-8-5-4-6-9-21)13-7-12-26-23(30)11-15-33(31,32)22-17-20(25)16-19-10-14-28(18(2)29)24(19)22/h4-6,8-9,16-17H,3,7,10-15H2,1-2H3,(H,26,30). The third kappa shape index (κ3) is 6.35. The fraction of sp³-hybridized carbons (Fsp3) is 0.417. The van der Waals surface area contributed by atoms with Crippen LogP contribution in [-0.4, -0.2) is 52.2 Å². The molecule has 3 rings (SSSR count). The third-order valence-corrected chi connectivity index (χ3v) is 7.92. The van der Waals surface area contributed by atoms with E-state index in [9.17, 15) is 18.0 Å². The minimum absolute atomic E-state index is 0.105. The Balaban J connectivity index is 1.55. The number of carbonyl (C=O) groups is 2. The van der Waals surface area contributed by atoms with Crippen molar-refractivity contribution in [2.24, 2.45) is 0 Å². The van der Waals surface area contributed by atoms with E-state index in [1.807, 2.05) is 24.3 Å². The number of hydrogen-bond donors (Lipinski definition) is 1. The van der Waals surface area contributed by atoms with Crippen LogP contribution in [0.3, 0.4) is 0 Å². The van der Waals surface area contributed by atoms with Crippen LogP contribution >= 0.6 is 15.9 Å². The Hall–Kier alpha value is -2.39. The summed E-state index contributed by atoms with van der Waals surface area (Å²) < 4.78 is 26.8. The van der Waals surface area contributed by atoms with Crippen molar-refractivity contribution >= 4 is 49.0 Å². The lowest BCUT2D eigenvalue weighted by Gasteiger charge is -2.23. The molecule has 0 atom stereocenters. The average Bonchev–Trinajstić information content (AvgIpc) is 3.22. The van der Waals surface area contributed by atoms with Crippen LogP contribution in [0.2, 0.25) is 0 Å². The lowest BCUT2D eigenvalue weighted by Crippen LogP contribution is -2.31. The number of fused-ring (bicyclic) bond motifs is 1. The van der Waals surface area contributed by atoms with E-state index in [0.29, 0.717) is 29.7 Å². The van der Waals surface area contributed by atoms with Crippen LogP contribution in [0.25, 0.3) is 0 Å². The van der Waals surface area contributed by atoms with Crippen LogP contribution in [0.4, 0.5) is 11.4 Å². The molecule has 33 heavy (non-hydrogen) atoms. The summed E-state index contributed by atoms with van der Waals surface area (Å²) in [5.74, 6) is -0.795. The number of rotatable bonds is 10. The Morgan fingerprint density at radius 3 is 2.58 bits per heavy atom. The van der Waals surface area contributed by atoms with Crippen LogP contribution in [0, 0.1) is 0 Å². The molecular formula is C24H30BrN3O4S. The highest BCUT2D eigenvalue weighted by molar-refractivity contribution is 9.10. The summed E-state index contributed by atoms with van der Waals surface area (Å²) >= 11 is 3.37. The second-order valence-electron chi connectivity index (χ2n) is 8.02. The maximum atomic E-state index is 13.1. The zero-order chi connectivity index (χ0) is 24.0. The number of amides is 2. The van der Waals surface area contributed by atoms with E-state index in [4.69, 9.17) is 0 Å². The molecule has 2 amide bonds. The molecule has 0 unspecified atom stereocenters. The van der Waals surface area contributed by atoms with Gasteiger partial charge in [-0.3, -0.25) is 9.59 Å². The molecular weight excluding hydrogens is 506 g/mol. The number of hydrogen-bond acceptors (Lipinski definition) is 5. The second-order valence-corrected chi connectivity index (χ2v) is 11.0. The van der Waals surface area contributed by atoms with Gasteiger partial charge < -0.3 is 15.1 Å². The van der Waals surface area contributed by atoms with Crippen molar-refractivity contribution in [2.45, 2.75) is 38.0 Å². The quantitative estimate of drug-likeness (QED) is 0.470. The predicted molar refractivity (Wildman–Crippen MR) is 134 cm³/mol. The van der Waals surface area contributed by atoms with E-state index in [2.05, 4.69) is 45.2 Å². The number of anilines is 2. The predicted octanol–water partition coefficient (Wildman–Crippen LogP) is 3.55. The molecule has 1 aliphatic rings. The number of benzene rings is 2. The minimum atomic E-state index is -3.75. The molecule has 0 aliphatic carbocycles. The first-order valence-corrected chi connectivity index (χ1v) is 13.6. The molecule has 1 N–H and O–H groups in total. The molecule has 0 saturated heterocycles. The maximum absolute atomic E-state index is 13.1. The number of halogens is 1. The van der Waals surface area contributed by atoms with Crippen LogP contribution in [0.15, 0.2) is 51.8 Å². The third-order valence-electron chi connectivity index (χ3n) is 5.74. The Bertz CT molecular complexity index is 1110. The van der Waals surface area contributed by atoms with Gasteiger partial charge in [-0.15, -0.1) is 0 Å². The lowest BCUT2D eigenvalue weighted by atomic mass is 10.2. The SMILES string of the molecule is CCN(CCCNC(=O)CCS(=O)(=O)c1cc(Br)cc2c1N(C(C)=O)CC2)c1ccccc1. The number of para-hydroxylation sites is 1. The molecule has 0 saturated carbocycles. The van der Waals surface area contributed by atoms with Gasteiger partial charge in [0.15, 0.2) is 9.84 Å². The van der Waals surface area contributed by atoms with Crippen LogP contribution in [-0.2, 0) is 25.8 Å². The molecule has 9 heteroatoms. The van der Waals surface area contributed by atoms with Gasteiger partial charge in [-0.05, 0) is 49.6 Å². The van der Waals surface area contributed by atoms with Gasteiger partial charge in [-0.2, -0.15) is 0 Å². The summed E-state index contributed by atoms with van der Waals surface area (Å²) in [4.78, 5) is 28.1. The Morgan fingerprint density at radius 2 is 1.91 bits per heavy atom. The zero-order valence-corrected chi connectivity index (χ0v) is 21.4. The summed E-state index contributed by atoms with van der Waals surface area (Å²) in [6.07, 6.45) is 1.24. The molecule has 2 aromatic rings. The highest BCUT2D eigenvalue weighted by Crippen LogP contribution is 2.38. The van der Waals surface area contributed by atoms with Crippen molar-refractivity contribution in [1.29, 1.82) is 0 Å². The monoisotopic (exact) mass is 535 g/mol. The number of sulfone groups is 1. The molecule has 0 bridgehead atoms. The highest BCUT2D eigenvalue weighted by atomic mass is 79.9. The summed E-state index contributed by atoms with van der Waals surface area (Å²) in [6, 6.07) is 13.5. The fourth-order valence-corrected chi connectivity index (χ4v) is 6.23. The summed E-state index contributed by atoms with van der Waals surface area (Å²) in [5.41, 5.74) is 2.41. The smallest absolute Gasteiger partial charge is 0.223 e. The Morgan fingerprint density at radius 1 is 1.18 bits per heavy atom. The van der Waals surface area contributed by atoms with E-state index in [-0.39, 0.29) is 28.9 Å². The topological polar surface area (TPSA) is 86.8 Å². The Labute approximate surface area is 204 Å². The summed E-state index contributed by atoms with van der Waals surface area (Å²) in [6.45, 7) is 6.11. The van der Waals surface area contributed by atoms with Gasteiger partial charge in [0.25, 0.3) is 0 Å². The first-order valence-electron chi connectivity index (χ1n) is 11.1. The molecule has 0 fully saturated rings. The van der Waals surface area contributed by atoms with E-state index >= 15 is 0 Å². The summed E-state index contributed by atoms with van der Waals surface area (Å²) in [7, 11) is -3.75. The van der Waals surface area contributed by atoms with Gasteiger partial charge in [0.05, 0.1) is 16.3 Å². The van der Waals surface area contributed by atoms with Crippen molar-refractivity contribution in [3.05, 3.63) is 52.5 Å². The molecule has 0 spiro atoms. The normalized spacial score (nSPS) is 13.0. The van der Waals surface area contributed by atoms with Crippen molar-refractivity contribution in [2.75, 3.05) is 41.7 Å². The summed E-state index contributed by atoms with van der Waals surface area (Å²) in [5, 5.41) is 2.82. The average molecular weight is 536 g/mol. The van der Waals surface area contributed by atoms with Gasteiger partial charge in [0, 0.05) is 49.7 Å². The first-order chi connectivity index (χ1) is 15.7. The van der Waals surface area contributed by atoms with Crippen molar-refractivity contribution in [3.8, 4) is 0 Å². The molecule has 1 heterocycles. The van der Waals surface area contributed by atoms with Gasteiger partial charge >= 0.3 is 0 Å². The van der Waals surface area contributed by atoms with E-state index < -0.39 is 9.84 Å². The van der Waals surface area contributed by atoms with Crippen LogP contribution in [0.5, 0.6) is 0 Å². The number of nitrogens with zero attached hydrogens (tertiary/aromatic N) is 2. The van der Waals surface area contributed by atoms with Crippen LogP contribution < -0.4 is 15.1 Å². The largest absolute Gasteiger partial charge is 0.372 e. The zero-order valence-electron chi connectivity index (χ0n) is 19.0. The Kier molecular flexibility index (Phi) is 8.53. The number of carbonyl (C=O) groups excluding carboxylic acids is 2. The van der Waals surface area contributed by atoms with Crippen molar-refractivity contribution < 1.29 is 18.0 Å². The van der Waals surface area contributed by atoms with E-state index in [0.717, 1.165) is 30.8 Å². The van der Waals surface area contributed by atoms with Gasteiger partial charge in [-0.25, -0.2) is 8.42 Å². The maximum Gasteiger partial charge on any atom is 0.223 e. The van der Waals surface area contributed by atoms with E-state index in [1.165, 1.54) is 17.9 Å². The molecule has 178 valence electrons. The second kappa shape index (κ2) is 11.2. The van der Waals surface area contributed by atoms with Gasteiger partial charge in [0.1, 0.15) is 0 Å². The highest BCUT2D eigenvalue weighted by Gasteiger charge is 2.31. The first kappa shape index (κ1) is 25.2. The van der Waals surface area contributed by atoms with Gasteiger partial charge in [-0.1, -0.05) is 34.1 Å². The molecule has 0 aromatic heterocycles. The van der Waals surface area contributed by atoms with Crippen molar-refractivity contribution in [3.63, 3.8) is 0 Å². The van der Waals surface area contributed by atoms with E-state index in [1.54, 1.807) is 0 Å². The molecule has 2 aromatic carbocycles. The minimum Gasteiger partial charge on any atom is -0.372 e. The molecule has 7 nitrogen and oxygen atoms in total. The van der Waals surface area contributed by atoms with Crippen molar-refractivity contribution in [1.82, 2.24) is 5.32 Å². The molecule has 0 radical (unpaired) electrons. The molecule has 1 aliphatic heterocycles.